The molecule has 0 radical (unpaired) electrons. The highest BCUT2D eigenvalue weighted by molar-refractivity contribution is 5.82. The van der Waals surface area contributed by atoms with Gasteiger partial charge in [-0.3, -0.25) is 13.8 Å². The zero-order chi connectivity index (χ0) is 19.1. The normalized spacial score (nSPS) is 11.3. The van der Waals surface area contributed by atoms with E-state index in [2.05, 4.69) is 29.3 Å². The van der Waals surface area contributed by atoms with E-state index in [9.17, 15) is 4.79 Å². The van der Waals surface area contributed by atoms with Crippen LogP contribution in [-0.4, -0.2) is 19.2 Å². The van der Waals surface area contributed by atoms with Gasteiger partial charge in [-0.1, -0.05) is 72.3 Å². The van der Waals surface area contributed by atoms with Crippen molar-refractivity contribution in [2.75, 3.05) is 0 Å². The Bertz CT molecular complexity index is 1350. The lowest BCUT2D eigenvalue weighted by Crippen LogP contribution is -2.24. The Balaban J connectivity index is 1.84. The molecule has 0 saturated heterocycles. The van der Waals surface area contributed by atoms with Gasteiger partial charge < -0.3 is 0 Å². The van der Waals surface area contributed by atoms with Gasteiger partial charge in [-0.2, -0.15) is 0 Å². The standard InChI is InChI=1S/C23H18N4O/c1-16-11-13-18(14-12-16)21-24-25-23-26(15-17-7-3-2-4-8-17)22(28)19-9-5-6-10-20(19)27(21)23/h2-14H,15H2,1H3. The van der Waals surface area contributed by atoms with Crippen LogP contribution in [0.5, 0.6) is 0 Å². The molecule has 0 aliphatic heterocycles. The molecule has 5 rings (SSSR count). The molecule has 0 amide bonds. The van der Waals surface area contributed by atoms with Crippen LogP contribution < -0.4 is 5.56 Å². The summed E-state index contributed by atoms with van der Waals surface area (Å²) in [7, 11) is 0. The summed E-state index contributed by atoms with van der Waals surface area (Å²) in [4.78, 5) is 13.2. The van der Waals surface area contributed by atoms with Crippen molar-refractivity contribution >= 4 is 16.7 Å². The Morgan fingerprint density at radius 2 is 1.54 bits per heavy atom. The summed E-state index contributed by atoms with van der Waals surface area (Å²) in [6.07, 6.45) is 0. The van der Waals surface area contributed by atoms with Crippen molar-refractivity contribution in [3.05, 3.63) is 100 Å². The second kappa shape index (κ2) is 6.46. The van der Waals surface area contributed by atoms with Crippen molar-refractivity contribution in [1.82, 2.24) is 19.2 Å². The molecule has 5 heteroatoms. The Kier molecular flexibility index (Phi) is 3.79. The third kappa shape index (κ3) is 2.60. The van der Waals surface area contributed by atoms with Crippen LogP contribution in [0.2, 0.25) is 0 Å². The zero-order valence-electron chi connectivity index (χ0n) is 15.4. The molecule has 28 heavy (non-hydrogen) atoms. The number of benzene rings is 3. The first kappa shape index (κ1) is 16.4. The van der Waals surface area contributed by atoms with Crippen LogP contribution in [0.1, 0.15) is 11.1 Å². The topological polar surface area (TPSA) is 52.2 Å². The first-order chi connectivity index (χ1) is 13.7. The Morgan fingerprint density at radius 3 is 2.32 bits per heavy atom. The number of rotatable bonds is 3. The van der Waals surface area contributed by atoms with E-state index < -0.39 is 0 Å². The summed E-state index contributed by atoms with van der Waals surface area (Å²) < 4.78 is 3.67. The molecule has 0 unspecified atom stereocenters. The minimum absolute atomic E-state index is 0.0604. The maximum atomic E-state index is 13.2. The molecule has 3 aromatic carbocycles. The average molecular weight is 366 g/mol. The lowest BCUT2D eigenvalue weighted by molar-refractivity contribution is 0.767. The summed E-state index contributed by atoms with van der Waals surface area (Å²) >= 11 is 0. The lowest BCUT2D eigenvalue weighted by Gasteiger charge is -2.11. The summed E-state index contributed by atoms with van der Waals surface area (Å²) in [6.45, 7) is 2.50. The minimum atomic E-state index is -0.0604. The van der Waals surface area contributed by atoms with Gasteiger partial charge in [0, 0.05) is 5.56 Å². The molecule has 0 bridgehead atoms. The van der Waals surface area contributed by atoms with Gasteiger partial charge in [0.25, 0.3) is 5.56 Å². The van der Waals surface area contributed by atoms with Crippen LogP contribution in [0.3, 0.4) is 0 Å². The largest absolute Gasteiger partial charge is 0.272 e. The third-order valence-corrected chi connectivity index (χ3v) is 5.00. The molecule has 0 aliphatic rings. The van der Waals surface area contributed by atoms with Crippen LogP contribution in [0.25, 0.3) is 28.1 Å². The van der Waals surface area contributed by atoms with Gasteiger partial charge in [-0.15, -0.1) is 10.2 Å². The first-order valence-corrected chi connectivity index (χ1v) is 9.20. The molecule has 0 spiro atoms. The molecule has 0 atom stereocenters. The molecule has 0 N–H and O–H groups in total. The van der Waals surface area contributed by atoms with Gasteiger partial charge in [0.2, 0.25) is 5.78 Å². The van der Waals surface area contributed by atoms with E-state index in [1.807, 2.05) is 71.1 Å². The van der Waals surface area contributed by atoms with Gasteiger partial charge in [-0.25, -0.2) is 0 Å². The number of aryl methyl sites for hydroxylation is 1. The fourth-order valence-corrected chi connectivity index (χ4v) is 3.56. The fraction of sp³-hybridized carbons (Fsp3) is 0.0870. The fourth-order valence-electron chi connectivity index (χ4n) is 3.56. The summed E-state index contributed by atoms with van der Waals surface area (Å²) in [5.41, 5.74) is 3.94. The van der Waals surface area contributed by atoms with Gasteiger partial charge >= 0.3 is 0 Å². The maximum absolute atomic E-state index is 13.2. The van der Waals surface area contributed by atoms with Gasteiger partial charge in [0.1, 0.15) is 0 Å². The Labute approximate surface area is 161 Å². The van der Waals surface area contributed by atoms with Crippen molar-refractivity contribution in [3.63, 3.8) is 0 Å². The molecular weight excluding hydrogens is 348 g/mol. The molecular formula is C23H18N4O. The van der Waals surface area contributed by atoms with Crippen molar-refractivity contribution in [2.24, 2.45) is 0 Å². The Morgan fingerprint density at radius 1 is 0.821 bits per heavy atom. The van der Waals surface area contributed by atoms with E-state index in [1.54, 1.807) is 4.57 Å². The lowest BCUT2D eigenvalue weighted by atomic mass is 10.1. The highest BCUT2D eigenvalue weighted by atomic mass is 16.1. The van der Waals surface area contributed by atoms with E-state index in [4.69, 9.17) is 0 Å². The second-order valence-electron chi connectivity index (χ2n) is 6.92. The van der Waals surface area contributed by atoms with Gasteiger partial charge in [0.15, 0.2) is 5.82 Å². The van der Waals surface area contributed by atoms with Crippen LogP contribution in [0, 0.1) is 6.92 Å². The van der Waals surface area contributed by atoms with Gasteiger partial charge in [-0.05, 0) is 24.6 Å². The third-order valence-electron chi connectivity index (χ3n) is 5.00. The summed E-state index contributed by atoms with van der Waals surface area (Å²) in [6, 6.07) is 25.7. The molecule has 2 aromatic heterocycles. The van der Waals surface area contributed by atoms with E-state index in [0.29, 0.717) is 17.7 Å². The highest BCUT2D eigenvalue weighted by Gasteiger charge is 2.17. The van der Waals surface area contributed by atoms with Crippen LogP contribution in [0.4, 0.5) is 0 Å². The molecule has 5 nitrogen and oxygen atoms in total. The predicted molar refractivity (Wildman–Crippen MR) is 110 cm³/mol. The van der Waals surface area contributed by atoms with Crippen molar-refractivity contribution in [3.8, 4) is 11.4 Å². The zero-order valence-corrected chi connectivity index (χ0v) is 15.4. The maximum Gasteiger partial charge on any atom is 0.263 e. The first-order valence-electron chi connectivity index (χ1n) is 9.20. The second-order valence-corrected chi connectivity index (χ2v) is 6.92. The number of para-hydroxylation sites is 1. The molecule has 0 fully saturated rings. The SMILES string of the molecule is Cc1ccc(-c2nnc3n(Cc4ccccc4)c(=O)c4ccccc4n23)cc1. The highest BCUT2D eigenvalue weighted by Crippen LogP contribution is 2.23. The molecule has 136 valence electrons. The molecule has 0 aliphatic carbocycles. The molecule has 2 heterocycles. The number of hydrogen-bond donors (Lipinski definition) is 0. The smallest absolute Gasteiger partial charge is 0.263 e. The minimum Gasteiger partial charge on any atom is -0.272 e. The van der Waals surface area contributed by atoms with E-state index in [0.717, 1.165) is 22.5 Å². The summed E-state index contributed by atoms with van der Waals surface area (Å²) in [5, 5.41) is 9.49. The van der Waals surface area contributed by atoms with Crippen LogP contribution in [0.15, 0.2) is 83.7 Å². The van der Waals surface area contributed by atoms with Gasteiger partial charge in [0.05, 0.1) is 17.4 Å². The van der Waals surface area contributed by atoms with E-state index in [1.165, 1.54) is 5.56 Å². The van der Waals surface area contributed by atoms with Crippen molar-refractivity contribution in [2.45, 2.75) is 13.5 Å². The number of nitrogens with zero attached hydrogens (tertiary/aromatic N) is 4. The van der Waals surface area contributed by atoms with Crippen molar-refractivity contribution in [1.29, 1.82) is 0 Å². The van der Waals surface area contributed by atoms with Crippen LogP contribution in [-0.2, 0) is 6.54 Å². The Hall–Kier alpha value is -3.73. The van der Waals surface area contributed by atoms with E-state index >= 15 is 0 Å². The summed E-state index contributed by atoms with van der Waals surface area (Å²) in [5.74, 6) is 1.27. The average Bonchev–Trinajstić information content (AvgIpc) is 3.17. The number of hydrogen-bond acceptors (Lipinski definition) is 3. The molecule has 0 saturated carbocycles. The molecule has 5 aromatic rings. The number of aromatic nitrogens is 4. The predicted octanol–water partition coefficient (Wildman–Crippen LogP) is 4.07. The van der Waals surface area contributed by atoms with Crippen LogP contribution >= 0.6 is 0 Å². The number of fused-ring (bicyclic) bond motifs is 3. The van der Waals surface area contributed by atoms with Crippen molar-refractivity contribution < 1.29 is 0 Å². The quantitative estimate of drug-likeness (QED) is 0.484. The van der Waals surface area contributed by atoms with E-state index in [-0.39, 0.29) is 5.56 Å². The monoisotopic (exact) mass is 366 g/mol.